The molecule has 0 N–H and O–H groups in total. The number of benzene rings is 1. The number of sulfonamides is 1. The molecule has 0 unspecified atom stereocenters. The van der Waals surface area contributed by atoms with Crippen molar-refractivity contribution in [1.29, 1.82) is 0 Å². The molecule has 2 aliphatic rings. The molecule has 0 atom stereocenters. The lowest BCUT2D eigenvalue weighted by atomic mass is 10.2. The number of hydrogen-bond donors (Lipinski definition) is 0. The Bertz CT molecular complexity index is 613. The Morgan fingerprint density at radius 2 is 1.71 bits per heavy atom. The second-order valence-electron chi connectivity index (χ2n) is 6.11. The van der Waals surface area contributed by atoms with Crippen LogP contribution in [0.25, 0.3) is 0 Å². The van der Waals surface area contributed by atoms with Crippen molar-refractivity contribution in [2.75, 3.05) is 13.1 Å². The first-order valence-electron chi connectivity index (χ1n) is 7.35. The van der Waals surface area contributed by atoms with Gasteiger partial charge in [-0.25, -0.2) is 12.8 Å². The molecule has 116 valence electrons. The molecule has 0 aromatic heterocycles. The van der Waals surface area contributed by atoms with Crippen molar-refractivity contribution < 1.29 is 12.8 Å². The molecule has 0 amide bonds. The van der Waals surface area contributed by atoms with Gasteiger partial charge in [0.2, 0.25) is 10.0 Å². The van der Waals surface area contributed by atoms with E-state index in [0.717, 1.165) is 25.7 Å². The Morgan fingerprint density at radius 3 is 2.14 bits per heavy atom. The molecular weight excluding hydrogens is 313 g/mol. The first-order chi connectivity index (χ1) is 10.0. The molecule has 0 heterocycles. The van der Waals surface area contributed by atoms with Gasteiger partial charge in [0.1, 0.15) is 10.7 Å². The van der Waals surface area contributed by atoms with Gasteiger partial charge in [-0.3, -0.25) is 0 Å². The predicted octanol–water partition coefficient (Wildman–Crippen LogP) is 3.38. The fourth-order valence-electron chi connectivity index (χ4n) is 2.42. The molecule has 21 heavy (non-hydrogen) atoms. The van der Waals surface area contributed by atoms with Crippen molar-refractivity contribution in [3.63, 3.8) is 0 Å². The molecule has 1 aromatic carbocycles. The SMILES string of the molecule is O=S(=O)(c1ccc(CCl)cc1F)N(CC1CC1)CC1CC1. The van der Waals surface area contributed by atoms with Crippen LogP contribution in [0, 0.1) is 17.7 Å². The summed E-state index contributed by atoms with van der Waals surface area (Å²) in [5, 5.41) is 0. The van der Waals surface area contributed by atoms with E-state index in [1.807, 2.05) is 0 Å². The maximum atomic E-state index is 14.1. The van der Waals surface area contributed by atoms with E-state index in [4.69, 9.17) is 11.6 Å². The fourth-order valence-corrected chi connectivity index (χ4v) is 4.23. The third-order valence-corrected chi connectivity index (χ3v) is 6.26. The van der Waals surface area contributed by atoms with E-state index in [-0.39, 0.29) is 10.8 Å². The highest BCUT2D eigenvalue weighted by molar-refractivity contribution is 7.89. The Balaban J connectivity index is 1.87. The Morgan fingerprint density at radius 1 is 1.14 bits per heavy atom. The summed E-state index contributed by atoms with van der Waals surface area (Å²) in [4.78, 5) is -0.224. The van der Waals surface area contributed by atoms with Crippen molar-refractivity contribution in [2.24, 2.45) is 11.8 Å². The number of alkyl halides is 1. The number of nitrogens with zero attached hydrogens (tertiary/aromatic N) is 1. The topological polar surface area (TPSA) is 37.4 Å². The summed E-state index contributed by atoms with van der Waals surface area (Å²) < 4.78 is 41.1. The molecule has 6 heteroatoms. The van der Waals surface area contributed by atoms with E-state index in [2.05, 4.69) is 0 Å². The van der Waals surface area contributed by atoms with Crippen LogP contribution in [0.5, 0.6) is 0 Å². The standard InChI is InChI=1S/C15H19ClFNO2S/c16-8-13-5-6-15(14(17)7-13)21(19,20)18(9-11-1-2-11)10-12-3-4-12/h5-7,11-12H,1-4,8-10H2. The lowest BCUT2D eigenvalue weighted by molar-refractivity contribution is 0.379. The van der Waals surface area contributed by atoms with E-state index in [9.17, 15) is 12.8 Å². The number of rotatable bonds is 7. The van der Waals surface area contributed by atoms with Crippen LogP contribution in [0.3, 0.4) is 0 Å². The van der Waals surface area contributed by atoms with Crippen LogP contribution in [0.1, 0.15) is 31.2 Å². The van der Waals surface area contributed by atoms with E-state index in [1.165, 1.54) is 16.4 Å². The van der Waals surface area contributed by atoms with Gasteiger partial charge in [-0.1, -0.05) is 6.07 Å². The van der Waals surface area contributed by atoms with Gasteiger partial charge in [-0.05, 0) is 55.2 Å². The molecule has 0 saturated heterocycles. The van der Waals surface area contributed by atoms with Gasteiger partial charge in [-0.2, -0.15) is 4.31 Å². The zero-order valence-electron chi connectivity index (χ0n) is 11.8. The average molecular weight is 332 g/mol. The van der Waals surface area contributed by atoms with E-state index in [1.54, 1.807) is 6.07 Å². The Hall–Kier alpha value is -0.650. The van der Waals surface area contributed by atoms with Crippen molar-refractivity contribution >= 4 is 21.6 Å². The minimum Gasteiger partial charge on any atom is -0.207 e. The van der Waals surface area contributed by atoms with Crippen LogP contribution in [0.15, 0.2) is 23.1 Å². The smallest absolute Gasteiger partial charge is 0.207 e. The summed E-state index contributed by atoms with van der Waals surface area (Å²) >= 11 is 5.66. The first-order valence-corrected chi connectivity index (χ1v) is 9.32. The van der Waals surface area contributed by atoms with Crippen molar-refractivity contribution in [3.05, 3.63) is 29.6 Å². The highest BCUT2D eigenvalue weighted by Crippen LogP contribution is 2.36. The largest absolute Gasteiger partial charge is 0.246 e. The third kappa shape index (κ3) is 3.58. The molecular formula is C15H19ClFNO2S. The van der Waals surface area contributed by atoms with Crippen LogP contribution >= 0.6 is 11.6 Å². The highest BCUT2D eigenvalue weighted by atomic mass is 35.5. The molecule has 0 bridgehead atoms. The summed E-state index contributed by atoms with van der Waals surface area (Å²) in [5.41, 5.74) is 0.587. The second-order valence-corrected chi connectivity index (χ2v) is 8.28. The van der Waals surface area contributed by atoms with E-state index in [0.29, 0.717) is 30.5 Å². The van der Waals surface area contributed by atoms with Gasteiger partial charge in [0, 0.05) is 19.0 Å². The molecule has 3 nitrogen and oxygen atoms in total. The zero-order valence-corrected chi connectivity index (χ0v) is 13.3. The van der Waals surface area contributed by atoms with E-state index >= 15 is 0 Å². The highest BCUT2D eigenvalue weighted by Gasteiger charge is 2.36. The maximum absolute atomic E-state index is 14.1. The lowest BCUT2D eigenvalue weighted by Gasteiger charge is -2.22. The Labute approximate surface area is 130 Å². The van der Waals surface area contributed by atoms with Gasteiger partial charge in [0.15, 0.2) is 0 Å². The minimum absolute atomic E-state index is 0.172. The molecule has 0 radical (unpaired) electrons. The molecule has 2 saturated carbocycles. The van der Waals surface area contributed by atoms with Gasteiger partial charge < -0.3 is 0 Å². The summed E-state index contributed by atoms with van der Waals surface area (Å²) in [6.45, 7) is 1.05. The number of hydrogen-bond acceptors (Lipinski definition) is 2. The van der Waals surface area contributed by atoms with Gasteiger partial charge in [0.25, 0.3) is 0 Å². The summed E-state index contributed by atoms with van der Waals surface area (Å²) in [5.74, 6) is 0.364. The predicted molar refractivity (Wildman–Crippen MR) is 80.2 cm³/mol. The number of halogens is 2. The maximum Gasteiger partial charge on any atom is 0.246 e. The molecule has 3 rings (SSSR count). The monoisotopic (exact) mass is 331 g/mol. The van der Waals surface area contributed by atoms with Crippen molar-refractivity contribution in [1.82, 2.24) is 4.31 Å². The van der Waals surface area contributed by atoms with Gasteiger partial charge in [0.05, 0.1) is 0 Å². The van der Waals surface area contributed by atoms with Crippen LogP contribution < -0.4 is 0 Å². The van der Waals surface area contributed by atoms with Crippen molar-refractivity contribution in [2.45, 2.75) is 36.5 Å². The summed E-state index contributed by atoms with van der Waals surface area (Å²) in [6, 6.07) is 4.14. The lowest BCUT2D eigenvalue weighted by Crippen LogP contribution is -2.35. The fraction of sp³-hybridized carbons (Fsp3) is 0.600. The third-order valence-electron chi connectivity index (χ3n) is 4.09. The summed E-state index contributed by atoms with van der Waals surface area (Å²) in [6.07, 6.45) is 4.30. The van der Waals surface area contributed by atoms with Crippen LogP contribution in [-0.4, -0.2) is 25.8 Å². The molecule has 0 aliphatic heterocycles. The minimum atomic E-state index is -3.75. The summed E-state index contributed by atoms with van der Waals surface area (Å²) in [7, 11) is -3.75. The normalized spacial score (nSPS) is 19.2. The van der Waals surface area contributed by atoms with E-state index < -0.39 is 15.8 Å². The van der Waals surface area contributed by atoms with Crippen LogP contribution in [-0.2, 0) is 15.9 Å². The molecule has 2 fully saturated rings. The molecule has 2 aliphatic carbocycles. The average Bonchev–Trinajstić information content (AvgIpc) is 3.32. The van der Waals surface area contributed by atoms with Crippen molar-refractivity contribution in [3.8, 4) is 0 Å². The molecule has 1 aromatic rings. The van der Waals surface area contributed by atoms with Crippen LogP contribution in [0.2, 0.25) is 0 Å². The van der Waals surface area contributed by atoms with Gasteiger partial charge >= 0.3 is 0 Å². The Kier molecular flexibility index (Phi) is 4.26. The molecule has 0 spiro atoms. The van der Waals surface area contributed by atoms with Crippen LogP contribution in [0.4, 0.5) is 4.39 Å². The second kappa shape index (κ2) is 5.86. The van der Waals surface area contributed by atoms with Gasteiger partial charge in [-0.15, -0.1) is 11.6 Å². The zero-order chi connectivity index (χ0) is 15.0. The first kappa shape index (κ1) is 15.3. The quantitative estimate of drug-likeness (QED) is 0.718.